The number of ketones is 2. The summed E-state index contributed by atoms with van der Waals surface area (Å²) < 4.78 is 23.3. The van der Waals surface area contributed by atoms with Crippen molar-refractivity contribution in [2.75, 3.05) is 13.2 Å². The molecule has 0 saturated carbocycles. The van der Waals surface area contributed by atoms with E-state index in [2.05, 4.69) is 0 Å². The van der Waals surface area contributed by atoms with Crippen molar-refractivity contribution in [2.24, 2.45) is 0 Å². The van der Waals surface area contributed by atoms with E-state index < -0.39 is 11.8 Å². The lowest BCUT2D eigenvalue weighted by Crippen LogP contribution is -2.14. The third kappa shape index (κ3) is 5.72. The van der Waals surface area contributed by atoms with E-state index in [9.17, 15) is 18.8 Å². The van der Waals surface area contributed by atoms with Gasteiger partial charge in [-0.3, -0.25) is 14.4 Å². The number of hydrogen-bond acceptors (Lipinski definition) is 5. The van der Waals surface area contributed by atoms with Crippen molar-refractivity contribution in [3.63, 3.8) is 0 Å². The zero-order valence-electron chi connectivity index (χ0n) is 12.0. The number of ether oxygens (including phenoxy) is 2. The first-order valence-corrected chi connectivity index (χ1v) is 6.54. The smallest absolute Gasteiger partial charge is 0.306 e. The van der Waals surface area contributed by atoms with Gasteiger partial charge < -0.3 is 9.47 Å². The summed E-state index contributed by atoms with van der Waals surface area (Å²) >= 11 is 0. The summed E-state index contributed by atoms with van der Waals surface area (Å²) in [6.07, 6.45) is 0.000510. The van der Waals surface area contributed by atoms with Crippen LogP contribution in [0.1, 0.15) is 37.0 Å². The second-order valence-electron chi connectivity index (χ2n) is 4.33. The van der Waals surface area contributed by atoms with Crippen LogP contribution < -0.4 is 4.74 Å². The number of esters is 1. The van der Waals surface area contributed by atoms with Crippen molar-refractivity contribution in [3.8, 4) is 5.75 Å². The topological polar surface area (TPSA) is 69.7 Å². The highest BCUT2D eigenvalue weighted by molar-refractivity contribution is 5.94. The van der Waals surface area contributed by atoms with Gasteiger partial charge in [-0.1, -0.05) is 0 Å². The predicted molar refractivity (Wildman–Crippen MR) is 72.8 cm³/mol. The van der Waals surface area contributed by atoms with Crippen LogP contribution in [0.3, 0.4) is 0 Å². The van der Waals surface area contributed by atoms with Gasteiger partial charge in [-0.05, 0) is 26.0 Å². The number of carbonyl (C=O) groups is 3. The van der Waals surface area contributed by atoms with Gasteiger partial charge >= 0.3 is 5.97 Å². The molecule has 0 aromatic heterocycles. The Bertz CT molecular complexity index is 539. The van der Waals surface area contributed by atoms with Gasteiger partial charge in [0.15, 0.2) is 11.6 Å². The van der Waals surface area contributed by atoms with E-state index in [0.717, 1.165) is 6.07 Å². The molecule has 0 heterocycles. The molecule has 6 heteroatoms. The molecule has 0 atom stereocenters. The minimum Gasteiger partial charge on any atom is -0.486 e. The molecule has 0 unspecified atom stereocenters. The number of benzene rings is 1. The van der Waals surface area contributed by atoms with Gasteiger partial charge in [-0.2, -0.15) is 0 Å². The Hall–Kier alpha value is -2.24. The van der Waals surface area contributed by atoms with Crippen LogP contribution in [-0.2, 0) is 14.3 Å². The molecule has 1 aromatic rings. The summed E-state index contributed by atoms with van der Waals surface area (Å²) in [5, 5.41) is 0. The van der Waals surface area contributed by atoms with Crippen LogP contribution in [0.25, 0.3) is 0 Å². The van der Waals surface area contributed by atoms with Gasteiger partial charge in [0.1, 0.15) is 18.2 Å². The molecule has 0 N–H and O–H groups in total. The molecule has 0 saturated heterocycles. The Balaban J connectivity index is 2.45. The number of rotatable bonds is 8. The number of hydrogen-bond donors (Lipinski definition) is 0. The SMILES string of the molecule is CCOC(=O)CCC(=O)COc1ccc(C(C)=O)c(F)c1. The number of Topliss-reactive ketones (excluding diaryl/α,β-unsaturated/α-hetero) is 2. The zero-order valence-corrected chi connectivity index (χ0v) is 12.0. The third-order valence-electron chi connectivity index (χ3n) is 2.63. The average molecular weight is 296 g/mol. The molecule has 0 radical (unpaired) electrons. The highest BCUT2D eigenvalue weighted by Gasteiger charge is 2.11. The number of halogens is 1. The molecule has 21 heavy (non-hydrogen) atoms. The van der Waals surface area contributed by atoms with E-state index in [-0.39, 0.29) is 48.9 Å². The summed E-state index contributed by atoms with van der Waals surface area (Å²) in [6, 6.07) is 3.77. The largest absolute Gasteiger partial charge is 0.486 e. The first-order valence-electron chi connectivity index (χ1n) is 6.54. The highest BCUT2D eigenvalue weighted by atomic mass is 19.1. The lowest BCUT2D eigenvalue weighted by Gasteiger charge is -2.07. The van der Waals surface area contributed by atoms with Crippen molar-refractivity contribution in [1.29, 1.82) is 0 Å². The zero-order chi connectivity index (χ0) is 15.8. The van der Waals surface area contributed by atoms with E-state index in [1.165, 1.54) is 19.1 Å². The summed E-state index contributed by atoms with van der Waals surface area (Å²) in [4.78, 5) is 33.6. The molecule has 0 aliphatic rings. The molecule has 0 amide bonds. The second kappa shape index (κ2) is 8.14. The molecular weight excluding hydrogens is 279 g/mol. The standard InChI is InChI=1S/C15H17FO5/c1-3-20-15(19)7-4-11(18)9-21-12-5-6-13(10(2)17)14(16)8-12/h5-6,8H,3-4,7,9H2,1-2H3. The van der Waals surface area contributed by atoms with Gasteiger partial charge in [-0.15, -0.1) is 0 Å². The fraction of sp³-hybridized carbons (Fsp3) is 0.400. The molecular formula is C15H17FO5. The molecule has 0 aliphatic carbocycles. The highest BCUT2D eigenvalue weighted by Crippen LogP contribution is 2.17. The van der Waals surface area contributed by atoms with E-state index in [1.54, 1.807) is 6.92 Å². The first-order chi connectivity index (χ1) is 9.93. The fourth-order valence-corrected chi connectivity index (χ4v) is 1.58. The van der Waals surface area contributed by atoms with Crippen molar-refractivity contribution in [2.45, 2.75) is 26.7 Å². The first kappa shape index (κ1) is 16.8. The quantitative estimate of drug-likeness (QED) is 0.544. The van der Waals surface area contributed by atoms with Gasteiger partial charge in [0, 0.05) is 12.5 Å². The molecule has 1 rings (SSSR count). The fourth-order valence-electron chi connectivity index (χ4n) is 1.58. The summed E-state index contributed by atoms with van der Waals surface area (Å²) in [6.45, 7) is 2.95. The van der Waals surface area contributed by atoms with Crippen LogP contribution in [0.2, 0.25) is 0 Å². The van der Waals surface area contributed by atoms with Crippen LogP contribution in [-0.4, -0.2) is 30.7 Å². The molecule has 0 bridgehead atoms. The third-order valence-corrected chi connectivity index (χ3v) is 2.63. The normalized spacial score (nSPS) is 10.0. The summed E-state index contributed by atoms with van der Waals surface area (Å²) in [7, 11) is 0. The summed E-state index contributed by atoms with van der Waals surface area (Å²) in [5.74, 6) is -1.66. The van der Waals surface area contributed by atoms with Crippen molar-refractivity contribution in [1.82, 2.24) is 0 Å². The molecule has 114 valence electrons. The van der Waals surface area contributed by atoms with Gasteiger partial charge in [0.2, 0.25) is 0 Å². The maximum Gasteiger partial charge on any atom is 0.306 e. The maximum atomic E-state index is 13.5. The van der Waals surface area contributed by atoms with Crippen LogP contribution in [0.5, 0.6) is 5.75 Å². The predicted octanol–water partition coefficient (Wildman–Crippen LogP) is 2.32. The van der Waals surface area contributed by atoms with Gasteiger partial charge in [-0.25, -0.2) is 4.39 Å². The Kier molecular flexibility index (Phi) is 6.52. The monoisotopic (exact) mass is 296 g/mol. The van der Waals surface area contributed by atoms with Crippen molar-refractivity contribution in [3.05, 3.63) is 29.6 Å². The second-order valence-corrected chi connectivity index (χ2v) is 4.33. The lowest BCUT2D eigenvalue weighted by atomic mass is 10.1. The van der Waals surface area contributed by atoms with Crippen molar-refractivity contribution >= 4 is 17.5 Å². The minimum atomic E-state index is -0.695. The number of carbonyl (C=O) groups excluding carboxylic acids is 3. The molecule has 0 fully saturated rings. The van der Waals surface area contributed by atoms with Crippen LogP contribution in [0.15, 0.2) is 18.2 Å². The lowest BCUT2D eigenvalue weighted by molar-refractivity contribution is -0.144. The van der Waals surface area contributed by atoms with E-state index in [1.807, 2.05) is 0 Å². The molecule has 0 aliphatic heterocycles. The van der Waals surface area contributed by atoms with Crippen LogP contribution in [0.4, 0.5) is 4.39 Å². The Morgan fingerprint density at radius 2 is 1.90 bits per heavy atom. The summed E-state index contributed by atoms with van der Waals surface area (Å²) in [5.41, 5.74) is -0.0315. The van der Waals surface area contributed by atoms with Gasteiger partial charge in [0.05, 0.1) is 18.6 Å². The maximum absolute atomic E-state index is 13.5. The Morgan fingerprint density at radius 1 is 1.19 bits per heavy atom. The molecule has 0 spiro atoms. The van der Waals surface area contributed by atoms with E-state index >= 15 is 0 Å². The average Bonchev–Trinajstić information content (AvgIpc) is 2.43. The van der Waals surface area contributed by atoms with E-state index in [0.29, 0.717) is 0 Å². The Morgan fingerprint density at radius 3 is 2.48 bits per heavy atom. The van der Waals surface area contributed by atoms with Crippen LogP contribution in [0, 0.1) is 5.82 Å². The minimum absolute atomic E-state index is 0.00628. The molecule has 1 aromatic carbocycles. The van der Waals surface area contributed by atoms with E-state index in [4.69, 9.17) is 9.47 Å². The molecule has 5 nitrogen and oxygen atoms in total. The van der Waals surface area contributed by atoms with Gasteiger partial charge in [0.25, 0.3) is 0 Å². The van der Waals surface area contributed by atoms with Crippen LogP contribution >= 0.6 is 0 Å². The Labute approximate surface area is 122 Å². The van der Waals surface area contributed by atoms with Crippen molar-refractivity contribution < 1.29 is 28.2 Å².